The Morgan fingerprint density at radius 1 is 0.907 bits per heavy atom. The Morgan fingerprint density at radius 3 is 2.30 bits per heavy atom. The van der Waals surface area contributed by atoms with Gasteiger partial charge in [-0.1, -0.05) is 17.7 Å². The number of rotatable bonds is 4. The van der Waals surface area contributed by atoms with Crippen molar-refractivity contribution in [1.82, 2.24) is 9.80 Å². The molecule has 3 aromatic carbocycles. The third kappa shape index (κ3) is 6.24. The second-order valence-corrected chi connectivity index (χ2v) is 10.2. The van der Waals surface area contributed by atoms with Crippen LogP contribution in [0.5, 0.6) is 5.75 Å². The van der Waals surface area contributed by atoms with Gasteiger partial charge in [0.25, 0.3) is 11.8 Å². The van der Waals surface area contributed by atoms with Gasteiger partial charge in [-0.15, -0.1) is 0 Å². The van der Waals surface area contributed by atoms with Gasteiger partial charge in [0, 0.05) is 13.1 Å². The number of benzene rings is 3. The highest BCUT2D eigenvalue weighted by atomic mass is 35.5. The first-order valence-corrected chi connectivity index (χ1v) is 12.9. The molecule has 2 heterocycles. The van der Waals surface area contributed by atoms with E-state index >= 15 is 0 Å². The van der Waals surface area contributed by atoms with Crippen LogP contribution in [-0.2, 0) is 21.9 Å². The number of halogens is 8. The summed E-state index contributed by atoms with van der Waals surface area (Å²) in [4.78, 5) is 41.8. The molecule has 0 spiro atoms. The van der Waals surface area contributed by atoms with Gasteiger partial charge < -0.3 is 19.9 Å². The van der Waals surface area contributed by atoms with Crippen LogP contribution in [0.1, 0.15) is 21.5 Å². The lowest BCUT2D eigenvalue weighted by molar-refractivity contribution is -0.139. The van der Waals surface area contributed by atoms with E-state index in [1.807, 2.05) is 0 Å². The summed E-state index contributed by atoms with van der Waals surface area (Å²) < 4.78 is 97.6. The van der Waals surface area contributed by atoms with E-state index in [0.29, 0.717) is 12.1 Å². The molecule has 0 unspecified atom stereocenters. The van der Waals surface area contributed by atoms with Crippen molar-refractivity contribution < 1.29 is 49.9 Å². The molecular weight excluding hydrogens is 611 g/mol. The van der Waals surface area contributed by atoms with E-state index in [1.54, 1.807) is 0 Å². The third-order valence-corrected chi connectivity index (χ3v) is 7.27. The van der Waals surface area contributed by atoms with Gasteiger partial charge in [0.05, 0.1) is 33.9 Å². The lowest BCUT2D eigenvalue weighted by Gasteiger charge is -2.39. The first kappa shape index (κ1) is 30.1. The molecule has 7 nitrogen and oxygen atoms in total. The summed E-state index contributed by atoms with van der Waals surface area (Å²) in [6.07, 6.45) is -9.42. The predicted octanol–water partition coefficient (Wildman–Crippen LogP) is 5.87. The number of hydrogen-bond acceptors (Lipinski definition) is 4. The fraction of sp³-hybridized carbons (Fsp3) is 0.250. The number of ether oxygens (including phenoxy) is 1. The molecule has 15 heteroatoms. The molecule has 0 saturated carbocycles. The minimum Gasteiger partial charge on any atom is -0.482 e. The van der Waals surface area contributed by atoms with E-state index in [0.717, 1.165) is 24.3 Å². The molecular formula is C28H19ClF7N3O4. The van der Waals surface area contributed by atoms with E-state index in [1.165, 1.54) is 28.0 Å². The molecule has 1 atom stereocenters. The molecule has 3 aromatic rings. The van der Waals surface area contributed by atoms with E-state index in [-0.39, 0.29) is 52.8 Å². The minimum absolute atomic E-state index is 0.0215. The van der Waals surface area contributed by atoms with Crippen molar-refractivity contribution in [3.63, 3.8) is 0 Å². The number of alkyl halides is 6. The number of hydrogen-bond donors (Lipinski definition) is 1. The standard InChI is InChI=1S/C28H19ClF7N3O4/c29-20-11-16(27(31,32)33)2-4-23(20)43-13-24(40)38-5-6-39-22(12-38)25(41)37-21-3-1-14(9-19(21)26(39)42)15-7-17(28(34,35)36)10-18(30)8-15/h1-4,7-11,22H,5-6,12-13H2,(H,37,41)/t22-/m0/s1. The molecule has 226 valence electrons. The van der Waals surface area contributed by atoms with Crippen LogP contribution in [0.4, 0.5) is 36.4 Å². The molecule has 2 aliphatic rings. The Kier molecular flexibility index (Phi) is 7.75. The number of anilines is 1. The number of carbonyl (C=O) groups is 3. The van der Waals surface area contributed by atoms with Crippen LogP contribution >= 0.6 is 11.6 Å². The molecule has 0 bridgehead atoms. The number of fused-ring (bicyclic) bond motifs is 2. The lowest BCUT2D eigenvalue weighted by atomic mass is 9.99. The van der Waals surface area contributed by atoms with E-state index in [9.17, 15) is 45.1 Å². The predicted molar refractivity (Wildman–Crippen MR) is 139 cm³/mol. The van der Waals surface area contributed by atoms with Crippen LogP contribution in [0.2, 0.25) is 5.02 Å². The molecule has 0 radical (unpaired) electrons. The average molecular weight is 630 g/mol. The first-order chi connectivity index (χ1) is 20.1. The monoisotopic (exact) mass is 629 g/mol. The second kappa shape index (κ2) is 11.1. The summed E-state index contributed by atoms with van der Waals surface area (Å²) in [5.41, 5.74) is -2.17. The van der Waals surface area contributed by atoms with E-state index < -0.39 is 59.7 Å². The average Bonchev–Trinajstić information content (AvgIpc) is 3.04. The number of amides is 3. The van der Waals surface area contributed by atoms with Crippen molar-refractivity contribution in [2.24, 2.45) is 0 Å². The normalized spacial score (nSPS) is 17.2. The smallest absolute Gasteiger partial charge is 0.416 e. The summed E-state index contributed by atoms with van der Waals surface area (Å²) in [6, 6.07) is 7.16. The van der Waals surface area contributed by atoms with Crippen LogP contribution < -0.4 is 10.1 Å². The van der Waals surface area contributed by atoms with Crippen LogP contribution in [-0.4, -0.2) is 59.8 Å². The summed E-state index contributed by atoms with van der Waals surface area (Å²) in [5, 5.41) is 2.23. The van der Waals surface area contributed by atoms with Crippen molar-refractivity contribution in [1.29, 1.82) is 0 Å². The zero-order valence-corrected chi connectivity index (χ0v) is 22.4. The Labute approximate surface area is 243 Å². The summed E-state index contributed by atoms with van der Waals surface area (Å²) in [6.45, 7) is -0.956. The molecule has 0 aromatic heterocycles. The molecule has 1 fully saturated rings. The summed E-state index contributed by atoms with van der Waals surface area (Å²) >= 11 is 5.86. The molecule has 1 N–H and O–H groups in total. The number of piperazine rings is 1. The van der Waals surface area contributed by atoms with Crippen LogP contribution in [0, 0.1) is 5.82 Å². The van der Waals surface area contributed by atoms with Gasteiger partial charge in [-0.05, 0) is 59.7 Å². The first-order valence-electron chi connectivity index (χ1n) is 12.5. The largest absolute Gasteiger partial charge is 0.482 e. The molecule has 43 heavy (non-hydrogen) atoms. The summed E-state index contributed by atoms with van der Waals surface area (Å²) in [5.74, 6) is -3.16. The van der Waals surface area contributed by atoms with Gasteiger partial charge >= 0.3 is 12.4 Å². The Balaban J connectivity index is 1.31. The highest BCUT2D eigenvalue weighted by Gasteiger charge is 2.41. The van der Waals surface area contributed by atoms with Gasteiger partial charge in [0.15, 0.2) is 6.61 Å². The molecule has 1 saturated heterocycles. The highest BCUT2D eigenvalue weighted by molar-refractivity contribution is 6.32. The zero-order chi connectivity index (χ0) is 31.3. The second-order valence-electron chi connectivity index (χ2n) is 9.76. The SMILES string of the molecule is O=C1Nc2ccc(-c3cc(F)cc(C(F)(F)F)c3)cc2C(=O)N2CCN(C(=O)COc3ccc(C(F)(F)F)cc3Cl)C[C@@H]12. The Morgan fingerprint density at radius 2 is 1.63 bits per heavy atom. The Bertz CT molecular complexity index is 1630. The topological polar surface area (TPSA) is 79.0 Å². The van der Waals surface area contributed by atoms with Crippen molar-refractivity contribution >= 4 is 35.0 Å². The van der Waals surface area contributed by atoms with Gasteiger partial charge in [0.2, 0.25) is 5.91 Å². The maximum absolute atomic E-state index is 14.0. The molecule has 2 aliphatic heterocycles. The fourth-order valence-corrected chi connectivity index (χ4v) is 5.04. The molecule has 0 aliphatic carbocycles. The molecule has 3 amide bonds. The summed E-state index contributed by atoms with van der Waals surface area (Å²) in [7, 11) is 0. The van der Waals surface area contributed by atoms with Gasteiger partial charge in [-0.2, -0.15) is 26.3 Å². The van der Waals surface area contributed by atoms with E-state index in [2.05, 4.69) is 5.32 Å². The fourth-order valence-electron chi connectivity index (χ4n) is 4.80. The van der Waals surface area contributed by atoms with Gasteiger partial charge in [-0.25, -0.2) is 4.39 Å². The number of carbonyl (C=O) groups excluding carboxylic acids is 3. The quantitative estimate of drug-likeness (QED) is 0.367. The van der Waals surface area contributed by atoms with E-state index in [4.69, 9.17) is 16.3 Å². The maximum Gasteiger partial charge on any atom is 0.416 e. The van der Waals surface area contributed by atoms with Crippen molar-refractivity contribution in [3.05, 3.63) is 82.1 Å². The molecule has 5 rings (SSSR count). The highest BCUT2D eigenvalue weighted by Crippen LogP contribution is 2.36. The van der Waals surface area contributed by atoms with Gasteiger partial charge in [-0.3, -0.25) is 14.4 Å². The van der Waals surface area contributed by atoms with Crippen molar-refractivity contribution in [2.45, 2.75) is 18.4 Å². The third-order valence-electron chi connectivity index (χ3n) is 6.97. The van der Waals surface area contributed by atoms with Crippen LogP contribution in [0.3, 0.4) is 0 Å². The number of nitrogens with one attached hydrogen (secondary N) is 1. The lowest BCUT2D eigenvalue weighted by Crippen LogP contribution is -2.60. The van der Waals surface area contributed by atoms with Crippen LogP contribution in [0.15, 0.2) is 54.6 Å². The van der Waals surface area contributed by atoms with Crippen molar-refractivity contribution in [3.8, 4) is 16.9 Å². The minimum atomic E-state index is -4.80. The Hall–Kier alpha value is -4.33. The maximum atomic E-state index is 14.0. The van der Waals surface area contributed by atoms with Gasteiger partial charge in [0.1, 0.15) is 17.6 Å². The van der Waals surface area contributed by atoms with Crippen molar-refractivity contribution in [2.75, 3.05) is 31.6 Å². The van der Waals surface area contributed by atoms with Crippen LogP contribution in [0.25, 0.3) is 11.1 Å². The zero-order valence-electron chi connectivity index (χ0n) is 21.7. The number of nitrogens with zero attached hydrogens (tertiary/aromatic N) is 2.